The second kappa shape index (κ2) is 7.18. The van der Waals surface area contributed by atoms with Crippen molar-refractivity contribution in [3.63, 3.8) is 0 Å². The van der Waals surface area contributed by atoms with E-state index in [0.29, 0.717) is 23.2 Å². The van der Waals surface area contributed by atoms with Gasteiger partial charge in [0.1, 0.15) is 5.82 Å². The molecule has 3 aromatic rings. The fourth-order valence-electron chi connectivity index (χ4n) is 2.87. The Kier molecular flexibility index (Phi) is 5.16. The van der Waals surface area contributed by atoms with Crippen LogP contribution in [0, 0.1) is 12.7 Å². The van der Waals surface area contributed by atoms with Crippen molar-refractivity contribution < 1.29 is 12.8 Å². The number of aromatic nitrogens is 1. The molecule has 0 saturated carbocycles. The molecule has 0 saturated heterocycles. The highest BCUT2D eigenvalue weighted by atomic mass is 35.5. The summed E-state index contributed by atoms with van der Waals surface area (Å²) in [5, 5.41) is 0.630. The lowest BCUT2D eigenvalue weighted by atomic mass is 10.1. The summed E-state index contributed by atoms with van der Waals surface area (Å²) < 4.78 is 41.0. The zero-order valence-corrected chi connectivity index (χ0v) is 15.4. The average molecular weight is 380 g/mol. The Morgan fingerprint density at radius 2 is 1.80 bits per heavy atom. The summed E-state index contributed by atoms with van der Waals surface area (Å²) >= 11 is 5.72. The maximum atomic E-state index is 13.7. The fourth-order valence-corrected chi connectivity index (χ4v) is 4.45. The van der Waals surface area contributed by atoms with Crippen LogP contribution < -0.4 is 0 Å². The molecule has 0 spiro atoms. The van der Waals surface area contributed by atoms with Crippen LogP contribution in [0.15, 0.2) is 53.6 Å². The van der Waals surface area contributed by atoms with Crippen LogP contribution in [0.4, 0.5) is 4.39 Å². The molecule has 0 fully saturated rings. The van der Waals surface area contributed by atoms with E-state index in [0.717, 1.165) is 24.0 Å². The van der Waals surface area contributed by atoms with E-state index in [1.165, 1.54) is 22.2 Å². The monoisotopic (exact) mass is 379 g/mol. The highest BCUT2D eigenvalue weighted by molar-refractivity contribution is 7.90. The first-order valence-corrected chi connectivity index (χ1v) is 10.1. The van der Waals surface area contributed by atoms with Gasteiger partial charge in [-0.05, 0) is 62.1 Å². The number of unbranched alkanes of at least 4 members (excludes halogenated alkanes) is 1. The first kappa shape index (κ1) is 18.0. The van der Waals surface area contributed by atoms with Gasteiger partial charge in [0, 0.05) is 17.5 Å². The van der Waals surface area contributed by atoms with Crippen LogP contribution in [0.3, 0.4) is 0 Å². The highest BCUT2D eigenvalue weighted by Crippen LogP contribution is 2.28. The second-order valence-corrected chi connectivity index (χ2v) is 8.27. The van der Waals surface area contributed by atoms with E-state index in [1.54, 1.807) is 30.5 Å². The summed E-state index contributed by atoms with van der Waals surface area (Å²) in [5.41, 5.74) is 2.29. The lowest BCUT2D eigenvalue weighted by Gasteiger charge is -2.08. The number of aryl methyl sites for hydroxylation is 2. The molecule has 0 atom stereocenters. The van der Waals surface area contributed by atoms with Gasteiger partial charge in [0.2, 0.25) is 0 Å². The highest BCUT2D eigenvalue weighted by Gasteiger charge is 2.21. The van der Waals surface area contributed by atoms with Crippen molar-refractivity contribution >= 4 is 32.5 Å². The number of hydrogen-bond donors (Lipinski definition) is 0. The molecule has 6 heteroatoms. The molecule has 132 valence electrons. The van der Waals surface area contributed by atoms with Crippen LogP contribution in [-0.4, -0.2) is 18.3 Å². The number of nitrogens with zero attached hydrogens (tertiary/aromatic N) is 1. The number of hydrogen-bond acceptors (Lipinski definition) is 2. The maximum Gasteiger partial charge on any atom is 0.268 e. The van der Waals surface area contributed by atoms with Crippen molar-refractivity contribution in [2.45, 2.75) is 31.1 Å². The van der Waals surface area contributed by atoms with E-state index < -0.39 is 10.0 Å². The molecule has 3 rings (SSSR count). The van der Waals surface area contributed by atoms with E-state index >= 15 is 0 Å². The van der Waals surface area contributed by atoms with E-state index in [9.17, 15) is 12.8 Å². The molecule has 0 aliphatic carbocycles. The third kappa shape index (κ3) is 3.58. The first-order valence-electron chi connectivity index (χ1n) is 8.11. The van der Waals surface area contributed by atoms with Gasteiger partial charge in [-0.15, -0.1) is 11.6 Å². The van der Waals surface area contributed by atoms with Crippen molar-refractivity contribution in [1.82, 2.24) is 3.97 Å². The zero-order chi connectivity index (χ0) is 18.0. The van der Waals surface area contributed by atoms with Crippen molar-refractivity contribution in [3.8, 4) is 0 Å². The Hall–Kier alpha value is -1.85. The van der Waals surface area contributed by atoms with Crippen LogP contribution in [-0.2, 0) is 16.4 Å². The number of benzene rings is 2. The third-order valence-corrected chi connectivity index (χ3v) is 6.18. The minimum atomic E-state index is -3.74. The minimum absolute atomic E-state index is 0.214. The number of rotatable bonds is 6. The average Bonchev–Trinajstić information content (AvgIpc) is 2.94. The summed E-state index contributed by atoms with van der Waals surface area (Å²) in [6.45, 7) is 1.90. The molecule has 3 nitrogen and oxygen atoms in total. The molecular formula is C19H19ClFNO2S. The van der Waals surface area contributed by atoms with Gasteiger partial charge in [-0.25, -0.2) is 16.8 Å². The number of fused-ring (bicyclic) bond motifs is 1. The standard InChI is InChI=1S/C19H19ClFNO2S/c1-14-5-8-17(9-6-14)25(23,24)22-13-15(4-2-3-11-20)18-12-16(21)7-10-19(18)22/h5-10,12-13H,2-4,11H2,1H3. The Balaban J connectivity index is 2.13. The van der Waals surface area contributed by atoms with Crippen molar-refractivity contribution in [3.05, 3.63) is 65.6 Å². The lowest BCUT2D eigenvalue weighted by molar-refractivity contribution is 0.588. The Labute approximate surface area is 152 Å². The topological polar surface area (TPSA) is 39.1 Å². The molecule has 25 heavy (non-hydrogen) atoms. The Morgan fingerprint density at radius 1 is 1.08 bits per heavy atom. The fraction of sp³-hybridized carbons (Fsp3) is 0.263. The summed E-state index contributed by atoms with van der Waals surface area (Å²) in [7, 11) is -3.74. The first-order chi connectivity index (χ1) is 11.9. The quantitative estimate of drug-likeness (QED) is 0.452. The van der Waals surface area contributed by atoms with Gasteiger partial charge in [-0.2, -0.15) is 0 Å². The van der Waals surface area contributed by atoms with Gasteiger partial charge in [0.05, 0.1) is 10.4 Å². The van der Waals surface area contributed by atoms with E-state index in [2.05, 4.69) is 0 Å². The third-order valence-electron chi connectivity index (χ3n) is 4.22. The summed E-state index contributed by atoms with van der Waals surface area (Å²) in [6.07, 6.45) is 3.91. The van der Waals surface area contributed by atoms with Crippen molar-refractivity contribution in [2.24, 2.45) is 0 Å². The minimum Gasteiger partial charge on any atom is -0.241 e. The maximum absolute atomic E-state index is 13.7. The van der Waals surface area contributed by atoms with E-state index in [4.69, 9.17) is 11.6 Å². The zero-order valence-electron chi connectivity index (χ0n) is 13.9. The molecule has 0 N–H and O–H groups in total. The Morgan fingerprint density at radius 3 is 2.48 bits per heavy atom. The molecule has 0 aliphatic heterocycles. The molecule has 0 amide bonds. The lowest BCUT2D eigenvalue weighted by Crippen LogP contribution is -2.11. The molecule has 0 aliphatic rings. The largest absolute Gasteiger partial charge is 0.268 e. The molecular weight excluding hydrogens is 361 g/mol. The van der Waals surface area contributed by atoms with Gasteiger partial charge in [0.25, 0.3) is 10.0 Å². The van der Waals surface area contributed by atoms with Gasteiger partial charge < -0.3 is 0 Å². The van der Waals surface area contributed by atoms with E-state index in [1.807, 2.05) is 6.92 Å². The van der Waals surface area contributed by atoms with Gasteiger partial charge >= 0.3 is 0 Å². The summed E-state index contributed by atoms with van der Waals surface area (Å²) in [5.74, 6) is 0.172. The number of alkyl halides is 1. The van der Waals surface area contributed by atoms with Crippen LogP contribution >= 0.6 is 11.6 Å². The van der Waals surface area contributed by atoms with Crippen LogP contribution in [0.5, 0.6) is 0 Å². The normalized spacial score (nSPS) is 12.0. The predicted molar refractivity (Wildman–Crippen MR) is 99.3 cm³/mol. The molecule has 0 unspecified atom stereocenters. The van der Waals surface area contributed by atoms with Crippen molar-refractivity contribution in [1.29, 1.82) is 0 Å². The van der Waals surface area contributed by atoms with Crippen LogP contribution in [0.1, 0.15) is 24.0 Å². The van der Waals surface area contributed by atoms with E-state index in [-0.39, 0.29) is 10.7 Å². The molecule has 1 aromatic heterocycles. The Bertz CT molecular complexity index is 994. The van der Waals surface area contributed by atoms with Crippen LogP contribution in [0.2, 0.25) is 0 Å². The molecule has 0 radical (unpaired) electrons. The van der Waals surface area contributed by atoms with Crippen molar-refractivity contribution in [2.75, 3.05) is 5.88 Å². The molecule has 0 bridgehead atoms. The van der Waals surface area contributed by atoms with Gasteiger partial charge in [0.15, 0.2) is 0 Å². The second-order valence-electron chi connectivity index (χ2n) is 6.08. The SMILES string of the molecule is Cc1ccc(S(=O)(=O)n2cc(CCCCCl)c3cc(F)ccc32)cc1. The smallest absolute Gasteiger partial charge is 0.241 e. The van der Waals surface area contributed by atoms with Crippen LogP contribution in [0.25, 0.3) is 10.9 Å². The molecule has 1 heterocycles. The number of halogens is 2. The van der Waals surface area contributed by atoms with Gasteiger partial charge in [-0.3, -0.25) is 0 Å². The molecule has 2 aromatic carbocycles. The summed E-state index contributed by atoms with van der Waals surface area (Å²) in [4.78, 5) is 0.214. The summed E-state index contributed by atoms with van der Waals surface area (Å²) in [6, 6.07) is 10.9. The van der Waals surface area contributed by atoms with Gasteiger partial charge in [-0.1, -0.05) is 17.7 Å². The predicted octanol–water partition coefficient (Wildman–Crippen LogP) is 4.89.